The van der Waals surface area contributed by atoms with Crippen molar-refractivity contribution in [3.05, 3.63) is 18.0 Å². The molecule has 1 unspecified atom stereocenters. The molecule has 0 saturated carbocycles. The summed E-state index contributed by atoms with van der Waals surface area (Å²) in [5, 5.41) is 0. The molecule has 0 amide bonds. The highest BCUT2D eigenvalue weighted by Crippen LogP contribution is 2.18. The third kappa shape index (κ3) is 2.97. The van der Waals surface area contributed by atoms with E-state index in [-0.39, 0.29) is 0 Å². The number of hydrogen-bond acceptors (Lipinski definition) is 5. The van der Waals surface area contributed by atoms with E-state index in [1.54, 1.807) is 0 Å². The monoisotopic (exact) mass is 249 g/mol. The number of nitrogens with two attached hydrogens (primary N) is 1. The molecule has 0 bridgehead atoms. The van der Waals surface area contributed by atoms with E-state index >= 15 is 0 Å². The van der Waals surface area contributed by atoms with Crippen LogP contribution in [0.25, 0.3) is 0 Å². The molecule has 0 aromatic carbocycles. The topological polar surface area (TPSA) is 58.3 Å². The Morgan fingerprint density at radius 3 is 2.78 bits per heavy atom. The number of nitrogens with zero attached hydrogens (tertiary/aromatic N) is 4. The molecule has 5 nitrogen and oxygen atoms in total. The molecule has 0 radical (unpaired) electrons. The summed E-state index contributed by atoms with van der Waals surface area (Å²) in [7, 11) is 2.06. The average molecular weight is 249 g/mol. The van der Waals surface area contributed by atoms with Gasteiger partial charge in [-0.3, -0.25) is 4.90 Å². The Kier molecular flexibility index (Phi) is 4.49. The first-order valence-corrected chi connectivity index (χ1v) is 6.70. The Balaban J connectivity index is 1.95. The normalized spacial score (nSPS) is 20.3. The zero-order valence-corrected chi connectivity index (χ0v) is 11.3. The molecule has 0 aliphatic carbocycles. The van der Waals surface area contributed by atoms with Gasteiger partial charge in [0.2, 0.25) is 5.95 Å². The minimum atomic E-state index is 0.496. The number of aromatic nitrogens is 2. The molecule has 2 heterocycles. The first-order chi connectivity index (χ1) is 8.74. The Bertz CT molecular complexity index is 364. The van der Waals surface area contributed by atoms with Crippen LogP contribution in [0.5, 0.6) is 0 Å². The number of rotatable bonds is 5. The van der Waals surface area contributed by atoms with Crippen molar-refractivity contribution in [1.29, 1.82) is 0 Å². The van der Waals surface area contributed by atoms with E-state index < -0.39 is 0 Å². The van der Waals surface area contributed by atoms with Crippen LogP contribution in [0.4, 0.5) is 5.95 Å². The fourth-order valence-electron chi connectivity index (χ4n) is 2.57. The van der Waals surface area contributed by atoms with Crippen molar-refractivity contribution in [2.75, 3.05) is 31.6 Å². The van der Waals surface area contributed by atoms with E-state index in [0.717, 1.165) is 24.6 Å². The van der Waals surface area contributed by atoms with Crippen molar-refractivity contribution < 1.29 is 0 Å². The number of likely N-dealkylation sites (tertiary alicyclic amines) is 1. The fourth-order valence-corrected chi connectivity index (χ4v) is 2.57. The van der Waals surface area contributed by atoms with E-state index in [4.69, 9.17) is 5.73 Å². The molecule has 1 aromatic rings. The summed E-state index contributed by atoms with van der Waals surface area (Å²) in [6.07, 6.45) is 6.20. The lowest BCUT2D eigenvalue weighted by Crippen LogP contribution is -2.39. The third-order valence-corrected chi connectivity index (χ3v) is 3.66. The van der Waals surface area contributed by atoms with Gasteiger partial charge in [0.1, 0.15) is 0 Å². The number of anilines is 1. The summed E-state index contributed by atoms with van der Waals surface area (Å²) < 4.78 is 0. The van der Waals surface area contributed by atoms with Gasteiger partial charge in [0, 0.05) is 44.1 Å². The molecule has 1 fully saturated rings. The Morgan fingerprint density at radius 1 is 1.44 bits per heavy atom. The molecule has 1 atom stereocenters. The average Bonchev–Trinajstić information content (AvgIpc) is 2.86. The van der Waals surface area contributed by atoms with Crippen LogP contribution in [0.1, 0.15) is 25.3 Å². The maximum absolute atomic E-state index is 5.54. The highest BCUT2D eigenvalue weighted by atomic mass is 15.3. The van der Waals surface area contributed by atoms with Crippen molar-refractivity contribution in [1.82, 2.24) is 14.9 Å². The Morgan fingerprint density at radius 2 is 2.17 bits per heavy atom. The van der Waals surface area contributed by atoms with Crippen LogP contribution >= 0.6 is 0 Å². The van der Waals surface area contributed by atoms with Crippen LogP contribution in [0, 0.1) is 0 Å². The van der Waals surface area contributed by atoms with Gasteiger partial charge >= 0.3 is 0 Å². The second-order valence-electron chi connectivity index (χ2n) is 4.90. The highest BCUT2D eigenvalue weighted by Gasteiger charge is 2.24. The summed E-state index contributed by atoms with van der Waals surface area (Å²) in [5.74, 6) is 0.787. The molecular weight excluding hydrogens is 226 g/mol. The molecule has 5 heteroatoms. The van der Waals surface area contributed by atoms with Crippen molar-refractivity contribution >= 4 is 5.95 Å². The summed E-state index contributed by atoms with van der Waals surface area (Å²) in [5.41, 5.74) is 6.52. The quantitative estimate of drug-likeness (QED) is 0.838. The maximum Gasteiger partial charge on any atom is 0.225 e. The minimum absolute atomic E-state index is 0.496. The smallest absolute Gasteiger partial charge is 0.225 e. The fraction of sp³-hybridized carbons (Fsp3) is 0.692. The first-order valence-electron chi connectivity index (χ1n) is 6.70. The predicted octanol–water partition coefficient (Wildman–Crippen LogP) is 0.856. The third-order valence-electron chi connectivity index (χ3n) is 3.66. The van der Waals surface area contributed by atoms with E-state index in [0.29, 0.717) is 12.6 Å². The van der Waals surface area contributed by atoms with Gasteiger partial charge < -0.3 is 10.6 Å². The van der Waals surface area contributed by atoms with Gasteiger partial charge in [-0.25, -0.2) is 9.97 Å². The molecule has 1 aromatic heterocycles. The summed E-state index contributed by atoms with van der Waals surface area (Å²) in [6.45, 7) is 6.07. The van der Waals surface area contributed by atoms with Gasteiger partial charge in [0.15, 0.2) is 0 Å². The lowest BCUT2D eigenvalue weighted by atomic mass is 10.2. The summed E-state index contributed by atoms with van der Waals surface area (Å²) >= 11 is 0. The molecule has 18 heavy (non-hydrogen) atoms. The SMILES string of the molecule is CCN1CCCC1CN(C)c1ncc(CN)cn1. The van der Waals surface area contributed by atoms with Gasteiger partial charge in [-0.2, -0.15) is 0 Å². The van der Waals surface area contributed by atoms with E-state index in [9.17, 15) is 0 Å². The lowest BCUT2D eigenvalue weighted by molar-refractivity contribution is 0.270. The van der Waals surface area contributed by atoms with Gasteiger partial charge in [-0.15, -0.1) is 0 Å². The van der Waals surface area contributed by atoms with Crippen LogP contribution in [0.3, 0.4) is 0 Å². The number of hydrogen-bond donors (Lipinski definition) is 1. The Hall–Kier alpha value is -1.20. The predicted molar refractivity (Wildman–Crippen MR) is 73.5 cm³/mol. The van der Waals surface area contributed by atoms with Crippen LogP contribution in [0.15, 0.2) is 12.4 Å². The standard InChI is InChI=1S/C13H23N5/c1-3-18-6-4-5-12(18)10-17(2)13-15-8-11(7-14)9-16-13/h8-9,12H,3-7,10,14H2,1-2H3. The first kappa shape index (κ1) is 13.2. The molecule has 1 saturated heterocycles. The largest absolute Gasteiger partial charge is 0.342 e. The van der Waals surface area contributed by atoms with Crippen molar-refractivity contribution in [2.45, 2.75) is 32.4 Å². The summed E-state index contributed by atoms with van der Waals surface area (Å²) in [4.78, 5) is 13.4. The molecule has 2 rings (SSSR count). The highest BCUT2D eigenvalue weighted by molar-refractivity contribution is 5.28. The molecule has 0 spiro atoms. The van der Waals surface area contributed by atoms with Gasteiger partial charge in [-0.05, 0) is 25.9 Å². The van der Waals surface area contributed by atoms with E-state index in [1.807, 2.05) is 12.4 Å². The van der Waals surface area contributed by atoms with Crippen LogP contribution in [-0.4, -0.2) is 47.6 Å². The van der Waals surface area contributed by atoms with Crippen LogP contribution < -0.4 is 10.6 Å². The zero-order chi connectivity index (χ0) is 13.0. The molecular formula is C13H23N5. The second-order valence-corrected chi connectivity index (χ2v) is 4.90. The molecule has 1 aliphatic rings. The summed E-state index contributed by atoms with van der Waals surface area (Å²) in [6, 6.07) is 0.637. The van der Waals surface area contributed by atoms with Crippen LogP contribution in [0.2, 0.25) is 0 Å². The molecule has 1 aliphatic heterocycles. The lowest BCUT2D eigenvalue weighted by Gasteiger charge is -2.27. The number of likely N-dealkylation sites (N-methyl/N-ethyl adjacent to an activating group) is 2. The molecule has 100 valence electrons. The minimum Gasteiger partial charge on any atom is -0.342 e. The van der Waals surface area contributed by atoms with E-state index in [1.165, 1.54) is 19.4 Å². The van der Waals surface area contributed by atoms with Gasteiger partial charge in [0.25, 0.3) is 0 Å². The zero-order valence-electron chi connectivity index (χ0n) is 11.3. The van der Waals surface area contributed by atoms with Crippen molar-refractivity contribution in [3.63, 3.8) is 0 Å². The van der Waals surface area contributed by atoms with Gasteiger partial charge in [-0.1, -0.05) is 6.92 Å². The maximum atomic E-state index is 5.54. The van der Waals surface area contributed by atoms with Gasteiger partial charge in [0.05, 0.1) is 0 Å². The second kappa shape index (κ2) is 6.11. The Labute approximate surface area is 109 Å². The van der Waals surface area contributed by atoms with Crippen molar-refractivity contribution in [2.24, 2.45) is 5.73 Å². The van der Waals surface area contributed by atoms with Crippen molar-refractivity contribution in [3.8, 4) is 0 Å². The molecule has 2 N–H and O–H groups in total. The van der Waals surface area contributed by atoms with Crippen LogP contribution in [-0.2, 0) is 6.54 Å². The van der Waals surface area contributed by atoms with E-state index in [2.05, 4.69) is 33.7 Å².